The molecule has 2 amide bonds. The molecule has 310 valence electrons. The summed E-state index contributed by atoms with van der Waals surface area (Å²) in [4.78, 5) is 50.0. The van der Waals surface area contributed by atoms with Crippen molar-refractivity contribution in [2.24, 2.45) is 0 Å². The van der Waals surface area contributed by atoms with Crippen molar-refractivity contribution in [1.29, 1.82) is 0 Å². The van der Waals surface area contributed by atoms with Crippen molar-refractivity contribution in [3.63, 3.8) is 0 Å². The standard InChI is InChI=1S/C46H46F4N8O2/c1-55(2)39(30-17-10-6-11-18-30)43(59)57-27-45(47,48)23-36(57)41-51-25-34(53-41)33-22-14-21-32(29-15-8-5-9-16-29)38(33)35-26-52-42(54-35)37-24-46(49,50)28-58(37)44(60)40(56(3)4)31-19-12-7-13-20-31/h5-22,25-26,36-37,39-40H,23-24,27-28H2,1-4H3,(H,51,53)(H,52,54)/t36-,37-,39?,40?/m0/s1. The van der Waals surface area contributed by atoms with Gasteiger partial charge in [0, 0.05) is 24.0 Å². The van der Waals surface area contributed by atoms with Gasteiger partial charge in [0.25, 0.3) is 11.8 Å². The summed E-state index contributed by atoms with van der Waals surface area (Å²) < 4.78 is 61.3. The number of likely N-dealkylation sites (N-methyl/N-ethyl adjacent to an activating group) is 2. The molecule has 4 atom stereocenters. The molecular formula is C46H46F4N8O2. The largest absolute Gasteiger partial charge is 0.340 e. The Kier molecular flexibility index (Phi) is 10.9. The van der Waals surface area contributed by atoms with Gasteiger partial charge in [0.05, 0.1) is 49.0 Å². The minimum atomic E-state index is -3.15. The van der Waals surface area contributed by atoms with Crippen LogP contribution in [0.25, 0.3) is 33.6 Å². The highest BCUT2D eigenvalue weighted by Gasteiger charge is 2.51. The van der Waals surface area contributed by atoms with E-state index >= 15 is 17.6 Å². The van der Waals surface area contributed by atoms with E-state index in [1.54, 1.807) is 74.6 Å². The van der Waals surface area contributed by atoms with E-state index in [0.717, 1.165) is 11.1 Å². The van der Waals surface area contributed by atoms with Gasteiger partial charge in [-0.05, 0) is 50.4 Å². The van der Waals surface area contributed by atoms with Gasteiger partial charge in [-0.2, -0.15) is 0 Å². The fourth-order valence-corrected chi connectivity index (χ4v) is 8.69. The van der Waals surface area contributed by atoms with E-state index in [4.69, 9.17) is 0 Å². The number of carbonyl (C=O) groups is 2. The van der Waals surface area contributed by atoms with Crippen molar-refractivity contribution in [1.82, 2.24) is 39.5 Å². The fourth-order valence-electron chi connectivity index (χ4n) is 8.69. The average Bonchev–Trinajstić information content (AvgIpc) is 4.04. The molecule has 2 unspecified atom stereocenters. The van der Waals surface area contributed by atoms with E-state index in [1.165, 1.54) is 9.80 Å². The molecule has 0 aliphatic carbocycles. The number of hydrogen-bond donors (Lipinski definition) is 2. The lowest BCUT2D eigenvalue weighted by Crippen LogP contribution is -2.41. The summed E-state index contributed by atoms with van der Waals surface area (Å²) >= 11 is 0. The average molecular weight is 819 g/mol. The van der Waals surface area contributed by atoms with Gasteiger partial charge in [0.1, 0.15) is 23.7 Å². The van der Waals surface area contributed by atoms with Gasteiger partial charge in [-0.15, -0.1) is 0 Å². The zero-order valence-electron chi connectivity index (χ0n) is 33.7. The van der Waals surface area contributed by atoms with Crippen LogP contribution in [0.1, 0.15) is 59.8 Å². The second-order valence-corrected chi connectivity index (χ2v) is 16.1. The zero-order chi connectivity index (χ0) is 42.3. The van der Waals surface area contributed by atoms with E-state index in [9.17, 15) is 9.59 Å². The smallest absolute Gasteiger partial charge is 0.267 e. The SMILES string of the molecule is CN(C)C(C(=O)N1CC(F)(F)C[C@H]1c1ncc(-c2cccc(-c3ccccc3)c2-c2cnc([C@@H]3CC(F)(F)CN3C(=O)C(c3ccccc3)N(C)C)[nH]2)[nH]1)c1ccccc1. The number of aromatic amines is 2. The molecule has 14 heteroatoms. The number of halogens is 4. The normalized spacial score (nSPS) is 19.6. The summed E-state index contributed by atoms with van der Waals surface area (Å²) in [5.41, 5.74) is 5.27. The Labute approximate surface area is 345 Å². The van der Waals surface area contributed by atoms with Crippen LogP contribution in [0, 0.1) is 0 Å². The molecule has 10 nitrogen and oxygen atoms in total. The molecule has 2 aliphatic rings. The Morgan fingerprint density at radius 2 is 1.02 bits per heavy atom. The highest BCUT2D eigenvalue weighted by Crippen LogP contribution is 2.46. The summed E-state index contributed by atoms with van der Waals surface area (Å²) in [6.45, 7) is -1.51. The molecule has 2 aromatic heterocycles. The highest BCUT2D eigenvalue weighted by atomic mass is 19.3. The van der Waals surface area contributed by atoms with Crippen molar-refractivity contribution in [3.05, 3.63) is 144 Å². The van der Waals surface area contributed by atoms with Crippen LogP contribution in [-0.4, -0.2) is 104 Å². The monoisotopic (exact) mass is 818 g/mol. The van der Waals surface area contributed by atoms with Crippen molar-refractivity contribution in [2.75, 3.05) is 41.3 Å². The first-order valence-electron chi connectivity index (χ1n) is 19.8. The first kappa shape index (κ1) is 40.7. The number of hydrogen-bond acceptors (Lipinski definition) is 6. The molecular weight excluding hydrogens is 773 g/mol. The lowest BCUT2D eigenvalue weighted by molar-refractivity contribution is -0.139. The van der Waals surface area contributed by atoms with Crippen LogP contribution in [0.5, 0.6) is 0 Å². The molecule has 4 aromatic carbocycles. The van der Waals surface area contributed by atoms with Gasteiger partial charge in [-0.25, -0.2) is 27.5 Å². The third-order valence-corrected chi connectivity index (χ3v) is 11.4. The fraction of sp³-hybridized carbons (Fsp3) is 0.304. The number of alkyl halides is 4. The maximum absolute atomic E-state index is 15.4. The molecule has 6 aromatic rings. The maximum Gasteiger partial charge on any atom is 0.267 e. The van der Waals surface area contributed by atoms with Gasteiger partial charge in [0.2, 0.25) is 11.8 Å². The second-order valence-electron chi connectivity index (χ2n) is 16.1. The van der Waals surface area contributed by atoms with E-state index in [0.29, 0.717) is 33.6 Å². The molecule has 0 radical (unpaired) electrons. The number of imidazole rings is 2. The number of nitrogens with one attached hydrogen (secondary N) is 2. The summed E-state index contributed by atoms with van der Waals surface area (Å²) in [5, 5.41) is 0. The van der Waals surface area contributed by atoms with Crippen LogP contribution in [0.2, 0.25) is 0 Å². The first-order chi connectivity index (χ1) is 28.7. The highest BCUT2D eigenvalue weighted by molar-refractivity contribution is 5.92. The van der Waals surface area contributed by atoms with Crippen molar-refractivity contribution in [3.8, 4) is 33.6 Å². The summed E-state index contributed by atoms with van der Waals surface area (Å²) in [6, 6.07) is 29.7. The molecule has 2 aliphatic heterocycles. The summed E-state index contributed by atoms with van der Waals surface area (Å²) in [6.07, 6.45) is 1.91. The number of benzene rings is 4. The van der Waals surface area contributed by atoms with Crippen LogP contribution < -0.4 is 0 Å². The minimum absolute atomic E-state index is 0.205. The summed E-state index contributed by atoms with van der Waals surface area (Å²) in [7, 11) is 6.97. The molecule has 2 fully saturated rings. The predicted molar refractivity (Wildman–Crippen MR) is 221 cm³/mol. The van der Waals surface area contributed by atoms with E-state index in [1.807, 2.05) is 84.9 Å². The lowest BCUT2D eigenvalue weighted by atomic mass is 9.92. The molecule has 0 saturated carbocycles. The quantitative estimate of drug-likeness (QED) is 0.127. The number of carbonyl (C=O) groups excluding carboxylic acids is 2. The van der Waals surface area contributed by atoms with Gasteiger partial charge in [-0.1, -0.05) is 109 Å². The Morgan fingerprint density at radius 1 is 0.600 bits per heavy atom. The van der Waals surface area contributed by atoms with Gasteiger partial charge >= 0.3 is 0 Å². The predicted octanol–water partition coefficient (Wildman–Crippen LogP) is 8.56. The number of aromatic nitrogens is 4. The Hall–Kier alpha value is -6.12. The number of H-pyrrole nitrogens is 2. The van der Waals surface area contributed by atoms with Crippen molar-refractivity contribution >= 4 is 11.8 Å². The Balaban J connectivity index is 1.17. The van der Waals surface area contributed by atoms with Gasteiger partial charge in [-0.3, -0.25) is 19.4 Å². The van der Waals surface area contributed by atoms with Crippen LogP contribution in [0.4, 0.5) is 17.6 Å². The third kappa shape index (κ3) is 7.96. The molecule has 2 saturated heterocycles. The van der Waals surface area contributed by atoms with Crippen LogP contribution in [0.3, 0.4) is 0 Å². The van der Waals surface area contributed by atoms with Crippen LogP contribution in [0.15, 0.2) is 122 Å². The van der Waals surface area contributed by atoms with E-state index < -0.39 is 73.8 Å². The zero-order valence-corrected chi connectivity index (χ0v) is 33.7. The number of nitrogens with zero attached hydrogens (tertiary/aromatic N) is 6. The van der Waals surface area contributed by atoms with Crippen molar-refractivity contribution < 1.29 is 27.2 Å². The molecule has 4 heterocycles. The van der Waals surface area contributed by atoms with Gasteiger partial charge in [0.15, 0.2) is 0 Å². The second kappa shape index (κ2) is 16.1. The van der Waals surface area contributed by atoms with Crippen LogP contribution in [-0.2, 0) is 9.59 Å². The lowest BCUT2D eigenvalue weighted by Gasteiger charge is -2.31. The maximum atomic E-state index is 15.4. The van der Waals surface area contributed by atoms with Crippen LogP contribution >= 0.6 is 0 Å². The van der Waals surface area contributed by atoms with E-state index in [2.05, 4.69) is 19.9 Å². The molecule has 2 N–H and O–H groups in total. The van der Waals surface area contributed by atoms with Crippen molar-refractivity contribution in [2.45, 2.75) is 48.9 Å². The summed E-state index contributed by atoms with van der Waals surface area (Å²) in [5.74, 6) is -6.82. The third-order valence-electron chi connectivity index (χ3n) is 11.4. The number of rotatable bonds is 11. The van der Waals surface area contributed by atoms with Gasteiger partial charge < -0.3 is 19.8 Å². The van der Waals surface area contributed by atoms with E-state index in [-0.39, 0.29) is 11.6 Å². The molecule has 60 heavy (non-hydrogen) atoms. The Morgan fingerprint density at radius 3 is 1.48 bits per heavy atom. The first-order valence-corrected chi connectivity index (χ1v) is 19.8. The molecule has 8 rings (SSSR count). The minimum Gasteiger partial charge on any atom is -0.340 e. The Bertz CT molecular complexity index is 2460. The molecule has 0 spiro atoms. The molecule has 0 bridgehead atoms. The number of likely N-dealkylation sites (tertiary alicyclic amines) is 2. The number of amides is 2. The topological polar surface area (TPSA) is 104 Å².